The van der Waals surface area contributed by atoms with Crippen LogP contribution in [-0.2, 0) is 7.05 Å². The number of nitrogens with zero attached hydrogens (tertiary/aromatic N) is 3. The first kappa shape index (κ1) is 14.4. The van der Waals surface area contributed by atoms with Crippen LogP contribution in [0.4, 0.5) is 5.69 Å². The number of aryl methyl sites for hydroxylation is 2. The van der Waals surface area contributed by atoms with Crippen LogP contribution >= 0.6 is 0 Å². The summed E-state index contributed by atoms with van der Waals surface area (Å²) in [7, 11) is 3.98. The predicted octanol–water partition coefficient (Wildman–Crippen LogP) is 1.06. The molecule has 0 aliphatic carbocycles. The third-order valence-corrected chi connectivity index (χ3v) is 5.16. The third-order valence-electron chi connectivity index (χ3n) is 5.16. The van der Waals surface area contributed by atoms with E-state index in [-0.39, 0.29) is 11.9 Å². The van der Waals surface area contributed by atoms with Gasteiger partial charge in [-0.05, 0) is 39.7 Å². The lowest BCUT2D eigenvalue weighted by Crippen LogP contribution is -2.55. The molecule has 3 rings (SSSR count). The van der Waals surface area contributed by atoms with Crippen molar-refractivity contribution < 1.29 is 4.79 Å². The molecule has 2 aliphatic rings. The summed E-state index contributed by atoms with van der Waals surface area (Å²) < 4.78 is 1.58. The molecule has 1 amide bonds. The second-order valence-electron chi connectivity index (χ2n) is 6.52. The van der Waals surface area contributed by atoms with E-state index >= 15 is 0 Å². The fourth-order valence-corrected chi connectivity index (χ4v) is 3.93. The quantitative estimate of drug-likeness (QED) is 0.854. The van der Waals surface area contributed by atoms with E-state index in [1.807, 2.05) is 6.92 Å². The van der Waals surface area contributed by atoms with Crippen LogP contribution in [-0.4, -0.2) is 45.8 Å². The average Bonchev–Trinajstić information content (AvgIpc) is 2.64. The summed E-state index contributed by atoms with van der Waals surface area (Å²) in [6, 6.07) is 1.46. The summed E-state index contributed by atoms with van der Waals surface area (Å²) in [4.78, 5) is 15.0. The van der Waals surface area contributed by atoms with E-state index in [4.69, 9.17) is 5.73 Å². The van der Waals surface area contributed by atoms with Crippen molar-refractivity contribution in [3.05, 3.63) is 11.4 Å². The minimum Gasteiger partial charge on any atom is -0.395 e. The van der Waals surface area contributed by atoms with Crippen molar-refractivity contribution in [3.63, 3.8) is 0 Å². The summed E-state index contributed by atoms with van der Waals surface area (Å²) in [5.41, 5.74) is 7.65. The number of carbonyl (C=O) groups is 1. The number of piperidine rings is 2. The predicted molar refractivity (Wildman–Crippen MR) is 82.0 cm³/mol. The molecule has 2 saturated heterocycles. The lowest BCUT2D eigenvalue weighted by atomic mass is 9.82. The molecule has 2 fully saturated rings. The molecular weight excluding hydrogens is 266 g/mol. The van der Waals surface area contributed by atoms with Crippen molar-refractivity contribution >= 4 is 11.6 Å². The second kappa shape index (κ2) is 5.33. The Morgan fingerprint density at radius 1 is 1.29 bits per heavy atom. The van der Waals surface area contributed by atoms with Gasteiger partial charge in [0, 0.05) is 25.2 Å². The molecule has 2 atom stereocenters. The molecule has 3 heterocycles. The van der Waals surface area contributed by atoms with E-state index < -0.39 is 0 Å². The molecule has 6 heteroatoms. The standard InChI is InChI=1S/C15H25N5O/c1-9-13(16)14(20(3)18-9)15(21)17-10-7-11-5-4-6-12(8-10)19(11)2/h10-12H,4-8,16H2,1-3H3,(H,17,21). The fourth-order valence-electron chi connectivity index (χ4n) is 3.93. The molecule has 1 aromatic heterocycles. The van der Waals surface area contributed by atoms with Crippen LogP contribution in [0.25, 0.3) is 0 Å². The second-order valence-corrected chi connectivity index (χ2v) is 6.52. The van der Waals surface area contributed by atoms with Crippen molar-refractivity contribution in [3.8, 4) is 0 Å². The van der Waals surface area contributed by atoms with Crippen molar-refractivity contribution in [2.24, 2.45) is 7.05 Å². The highest BCUT2D eigenvalue weighted by molar-refractivity contribution is 5.98. The Balaban J connectivity index is 1.71. The Morgan fingerprint density at radius 3 is 2.43 bits per heavy atom. The fraction of sp³-hybridized carbons (Fsp3) is 0.733. The SMILES string of the molecule is Cc1nn(C)c(C(=O)NC2CC3CCCC(C2)N3C)c1N. The van der Waals surface area contributed by atoms with Gasteiger partial charge in [0.25, 0.3) is 5.91 Å². The summed E-state index contributed by atoms with van der Waals surface area (Å²) >= 11 is 0. The monoisotopic (exact) mass is 291 g/mol. The Labute approximate surface area is 125 Å². The maximum absolute atomic E-state index is 12.5. The van der Waals surface area contributed by atoms with Gasteiger partial charge in [-0.15, -0.1) is 0 Å². The molecule has 116 valence electrons. The van der Waals surface area contributed by atoms with Crippen LogP contribution < -0.4 is 11.1 Å². The number of nitrogens with one attached hydrogen (secondary N) is 1. The zero-order valence-electron chi connectivity index (χ0n) is 13.1. The number of hydrogen-bond donors (Lipinski definition) is 2. The van der Waals surface area contributed by atoms with Crippen LogP contribution in [0.1, 0.15) is 48.3 Å². The third kappa shape index (κ3) is 2.52. The lowest BCUT2D eigenvalue weighted by molar-refractivity contribution is 0.0461. The minimum absolute atomic E-state index is 0.0942. The van der Waals surface area contributed by atoms with Gasteiger partial charge in [0.2, 0.25) is 0 Å². The van der Waals surface area contributed by atoms with E-state index in [0.29, 0.717) is 29.2 Å². The zero-order valence-corrected chi connectivity index (χ0v) is 13.1. The van der Waals surface area contributed by atoms with Crippen molar-refractivity contribution in [2.45, 2.75) is 57.2 Å². The molecular formula is C15H25N5O. The number of nitrogens with two attached hydrogens (primary N) is 1. The molecule has 2 aliphatic heterocycles. The van der Waals surface area contributed by atoms with E-state index in [0.717, 1.165) is 12.8 Å². The topological polar surface area (TPSA) is 76.2 Å². The molecule has 2 bridgehead atoms. The Bertz CT molecular complexity index is 539. The highest BCUT2D eigenvalue weighted by Crippen LogP contribution is 2.32. The van der Waals surface area contributed by atoms with Gasteiger partial charge in [0.15, 0.2) is 0 Å². The molecule has 0 saturated carbocycles. The van der Waals surface area contributed by atoms with Crippen molar-refractivity contribution in [1.29, 1.82) is 0 Å². The van der Waals surface area contributed by atoms with Gasteiger partial charge in [-0.3, -0.25) is 9.48 Å². The van der Waals surface area contributed by atoms with Gasteiger partial charge in [-0.1, -0.05) is 6.42 Å². The number of nitrogen functional groups attached to an aromatic ring is 1. The number of carbonyl (C=O) groups excluding carboxylic acids is 1. The van der Waals surface area contributed by atoms with E-state index in [2.05, 4.69) is 22.4 Å². The van der Waals surface area contributed by atoms with Crippen LogP contribution in [0.15, 0.2) is 0 Å². The molecule has 0 radical (unpaired) electrons. The lowest BCUT2D eigenvalue weighted by Gasteiger charge is -2.47. The van der Waals surface area contributed by atoms with E-state index in [1.165, 1.54) is 19.3 Å². The molecule has 3 N–H and O–H groups in total. The van der Waals surface area contributed by atoms with Crippen LogP contribution in [0, 0.1) is 6.92 Å². The van der Waals surface area contributed by atoms with Crippen LogP contribution in [0.2, 0.25) is 0 Å². The number of anilines is 1. The van der Waals surface area contributed by atoms with Crippen molar-refractivity contribution in [1.82, 2.24) is 20.0 Å². The largest absolute Gasteiger partial charge is 0.395 e. The first-order valence-corrected chi connectivity index (χ1v) is 7.79. The first-order valence-electron chi connectivity index (χ1n) is 7.79. The highest BCUT2D eigenvalue weighted by atomic mass is 16.2. The number of amides is 1. The van der Waals surface area contributed by atoms with Crippen molar-refractivity contribution in [2.75, 3.05) is 12.8 Å². The zero-order chi connectivity index (χ0) is 15.1. The van der Waals surface area contributed by atoms with Crippen LogP contribution in [0.5, 0.6) is 0 Å². The van der Waals surface area contributed by atoms with Gasteiger partial charge in [-0.25, -0.2) is 0 Å². The number of hydrogen-bond acceptors (Lipinski definition) is 4. The molecule has 2 unspecified atom stereocenters. The maximum Gasteiger partial charge on any atom is 0.271 e. The maximum atomic E-state index is 12.5. The van der Waals surface area contributed by atoms with E-state index in [9.17, 15) is 4.79 Å². The number of fused-ring (bicyclic) bond motifs is 2. The van der Waals surface area contributed by atoms with Gasteiger partial charge in [-0.2, -0.15) is 5.10 Å². The molecule has 1 aromatic rings. The summed E-state index contributed by atoms with van der Waals surface area (Å²) in [5.74, 6) is -0.0942. The Morgan fingerprint density at radius 2 is 1.90 bits per heavy atom. The summed E-state index contributed by atoms with van der Waals surface area (Å²) in [5, 5.41) is 7.39. The molecule has 6 nitrogen and oxygen atoms in total. The van der Waals surface area contributed by atoms with Gasteiger partial charge >= 0.3 is 0 Å². The highest BCUT2D eigenvalue weighted by Gasteiger charge is 2.36. The van der Waals surface area contributed by atoms with Crippen LogP contribution in [0.3, 0.4) is 0 Å². The van der Waals surface area contributed by atoms with Gasteiger partial charge in [0.1, 0.15) is 5.69 Å². The van der Waals surface area contributed by atoms with E-state index in [1.54, 1.807) is 11.7 Å². The summed E-state index contributed by atoms with van der Waals surface area (Å²) in [6.45, 7) is 1.83. The Hall–Kier alpha value is -1.56. The minimum atomic E-state index is -0.0942. The molecule has 0 spiro atoms. The normalized spacial score (nSPS) is 29.4. The van der Waals surface area contributed by atoms with Gasteiger partial charge < -0.3 is 16.0 Å². The molecule has 0 aromatic carbocycles. The van der Waals surface area contributed by atoms with Gasteiger partial charge in [0.05, 0.1) is 11.4 Å². The average molecular weight is 291 g/mol. The smallest absolute Gasteiger partial charge is 0.271 e. The molecule has 21 heavy (non-hydrogen) atoms. The Kier molecular flexibility index (Phi) is 3.65. The number of aromatic nitrogens is 2. The summed E-state index contributed by atoms with van der Waals surface area (Å²) in [6.07, 6.45) is 5.87. The first-order chi connectivity index (χ1) is 9.97. The number of rotatable bonds is 2.